The van der Waals surface area contributed by atoms with E-state index in [1.165, 1.54) is 27.2 Å². The van der Waals surface area contributed by atoms with E-state index in [1.54, 1.807) is 24.3 Å². The molecule has 27 heavy (non-hydrogen) atoms. The van der Waals surface area contributed by atoms with Crippen LogP contribution < -0.4 is 11.1 Å². The molecule has 1 aromatic carbocycles. The van der Waals surface area contributed by atoms with E-state index in [1.807, 2.05) is 34.3 Å². The Morgan fingerprint density at radius 1 is 1.19 bits per heavy atom. The zero-order valence-electron chi connectivity index (χ0n) is 14.1. The molecule has 0 bridgehead atoms. The lowest BCUT2D eigenvalue weighted by molar-refractivity contribution is -0.122. The fourth-order valence-electron chi connectivity index (χ4n) is 2.93. The molecule has 0 spiro atoms. The van der Waals surface area contributed by atoms with Crippen LogP contribution in [0.15, 0.2) is 67.8 Å². The molecule has 3 heterocycles. The third-order valence-electron chi connectivity index (χ3n) is 4.34. The average molecular weight is 400 g/mol. The van der Waals surface area contributed by atoms with Crippen LogP contribution in [-0.4, -0.2) is 22.1 Å². The Morgan fingerprint density at radius 3 is 2.78 bits per heavy atom. The molecule has 138 valence electrons. The van der Waals surface area contributed by atoms with Crippen LogP contribution in [0, 0.1) is 0 Å². The summed E-state index contributed by atoms with van der Waals surface area (Å²) >= 11 is 2.90. The molecule has 3 aromatic heterocycles. The predicted octanol–water partition coefficient (Wildman–Crippen LogP) is 2.77. The SMILES string of the molecule is O=C(Cn1c(=O)oc2ccccc21)NC[C@@](O)(c1ccsc1)c1cccs1. The number of carbonyl (C=O) groups excluding carboxylic acids is 1. The second kappa shape index (κ2) is 7.15. The van der Waals surface area contributed by atoms with Gasteiger partial charge in [-0.05, 0) is 40.4 Å². The molecule has 0 aliphatic carbocycles. The molecule has 4 rings (SSSR count). The molecule has 0 aliphatic rings. The summed E-state index contributed by atoms with van der Waals surface area (Å²) in [4.78, 5) is 25.2. The summed E-state index contributed by atoms with van der Waals surface area (Å²) in [6.45, 7) is -0.173. The number of fused-ring (bicyclic) bond motifs is 1. The van der Waals surface area contributed by atoms with Gasteiger partial charge in [-0.3, -0.25) is 9.36 Å². The second-order valence-corrected chi connectivity index (χ2v) is 7.78. The molecule has 0 aliphatic heterocycles. The third-order valence-corrected chi connectivity index (χ3v) is 6.05. The first-order valence-corrected chi connectivity index (χ1v) is 10.0. The maximum absolute atomic E-state index is 12.5. The number of oxazole rings is 1. The number of benzene rings is 1. The van der Waals surface area contributed by atoms with Gasteiger partial charge in [0, 0.05) is 10.4 Å². The zero-order chi connectivity index (χ0) is 18.9. The molecule has 0 unspecified atom stereocenters. The van der Waals surface area contributed by atoms with Crippen LogP contribution >= 0.6 is 22.7 Å². The summed E-state index contributed by atoms with van der Waals surface area (Å²) in [5, 5.41) is 19.6. The number of carbonyl (C=O) groups is 1. The maximum atomic E-state index is 12.5. The highest BCUT2D eigenvalue weighted by Gasteiger charge is 2.33. The highest BCUT2D eigenvalue weighted by atomic mass is 32.1. The molecule has 0 saturated carbocycles. The first-order chi connectivity index (χ1) is 13.1. The van der Waals surface area contributed by atoms with E-state index in [0.717, 1.165) is 10.4 Å². The normalized spacial score (nSPS) is 13.5. The lowest BCUT2D eigenvalue weighted by atomic mass is 9.94. The predicted molar refractivity (Wildman–Crippen MR) is 105 cm³/mol. The molecule has 1 atom stereocenters. The van der Waals surface area contributed by atoms with Gasteiger partial charge in [0.15, 0.2) is 5.58 Å². The second-order valence-electron chi connectivity index (χ2n) is 6.05. The standard InChI is InChI=1S/C19H16N2O4S2/c22-17(10-21-14-4-1-2-5-15(14)25-18(21)23)20-12-19(24,13-7-9-26-11-13)16-6-3-8-27-16/h1-9,11,24H,10,12H2,(H,20,22)/t19-/m1/s1. The Bertz CT molecular complexity index is 1080. The molecule has 0 saturated heterocycles. The summed E-state index contributed by atoms with van der Waals surface area (Å²) in [7, 11) is 0. The van der Waals surface area contributed by atoms with Crippen LogP contribution in [0.4, 0.5) is 0 Å². The number of rotatable bonds is 6. The minimum Gasteiger partial charge on any atom is -0.408 e. The van der Waals surface area contributed by atoms with Gasteiger partial charge in [-0.15, -0.1) is 11.3 Å². The van der Waals surface area contributed by atoms with Crippen molar-refractivity contribution in [2.24, 2.45) is 0 Å². The van der Waals surface area contributed by atoms with Gasteiger partial charge in [-0.1, -0.05) is 18.2 Å². The topological polar surface area (TPSA) is 84.5 Å². The Kier molecular flexibility index (Phi) is 4.69. The van der Waals surface area contributed by atoms with Gasteiger partial charge < -0.3 is 14.8 Å². The summed E-state index contributed by atoms with van der Waals surface area (Å²) in [6.07, 6.45) is 0. The highest BCUT2D eigenvalue weighted by Crippen LogP contribution is 2.33. The number of nitrogens with zero attached hydrogens (tertiary/aromatic N) is 1. The quantitative estimate of drug-likeness (QED) is 0.521. The molecule has 4 aromatic rings. The monoisotopic (exact) mass is 400 g/mol. The molecule has 6 nitrogen and oxygen atoms in total. The first-order valence-electron chi connectivity index (χ1n) is 8.22. The van der Waals surface area contributed by atoms with Gasteiger partial charge in [-0.2, -0.15) is 11.3 Å². The number of aromatic nitrogens is 1. The van der Waals surface area contributed by atoms with Crippen LogP contribution in [0.25, 0.3) is 11.1 Å². The largest absolute Gasteiger partial charge is 0.420 e. The number of hydrogen-bond donors (Lipinski definition) is 2. The fraction of sp³-hybridized carbons (Fsp3) is 0.158. The Balaban J connectivity index is 1.54. The number of amides is 1. The zero-order valence-corrected chi connectivity index (χ0v) is 15.8. The maximum Gasteiger partial charge on any atom is 0.420 e. The number of thiophene rings is 2. The Labute approximate surface area is 162 Å². The van der Waals surface area contributed by atoms with Crippen LogP contribution in [0.3, 0.4) is 0 Å². The smallest absolute Gasteiger partial charge is 0.408 e. The van der Waals surface area contributed by atoms with Crippen molar-refractivity contribution in [2.45, 2.75) is 12.1 Å². The summed E-state index contributed by atoms with van der Waals surface area (Å²) in [5.74, 6) is -0.966. The molecular weight excluding hydrogens is 384 g/mol. The van der Waals surface area contributed by atoms with Crippen molar-refractivity contribution in [3.05, 3.63) is 79.6 Å². The minimum absolute atomic E-state index is 0.00755. The third kappa shape index (κ3) is 3.34. The van der Waals surface area contributed by atoms with E-state index in [2.05, 4.69) is 5.32 Å². The lowest BCUT2D eigenvalue weighted by Gasteiger charge is -2.27. The van der Waals surface area contributed by atoms with Crippen LogP contribution in [-0.2, 0) is 16.9 Å². The fourth-order valence-corrected chi connectivity index (χ4v) is 4.50. The lowest BCUT2D eigenvalue weighted by Crippen LogP contribution is -2.42. The van der Waals surface area contributed by atoms with Crippen LogP contribution in [0.2, 0.25) is 0 Å². The van der Waals surface area contributed by atoms with Crippen molar-refractivity contribution in [3.63, 3.8) is 0 Å². The molecule has 8 heteroatoms. The summed E-state index contributed by atoms with van der Waals surface area (Å²) in [6, 6.07) is 12.5. The molecular formula is C19H16N2O4S2. The number of nitrogens with one attached hydrogen (secondary N) is 1. The van der Waals surface area contributed by atoms with Gasteiger partial charge in [0.25, 0.3) is 0 Å². The van der Waals surface area contributed by atoms with Crippen molar-refractivity contribution in [2.75, 3.05) is 6.54 Å². The van der Waals surface area contributed by atoms with Crippen LogP contribution in [0.5, 0.6) is 0 Å². The van der Waals surface area contributed by atoms with Crippen molar-refractivity contribution < 1.29 is 14.3 Å². The van der Waals surface area contributed by atoms with Gasteiger partial charge in [-0.25, -0.2) is 4.79 Å². The highest BCUT2D eigenvalue weighted by molar-refractivity contribution is 7.10. The van der Waals surface area contributed by atoms with Gasteiger partial charge in [0.2, 0.25) is 5.91 Å². The first kappa shape index (κ1) is 17.7. The molecule has 0 fully saturated rings. The van der Waals surface area contributed by atoms with Gasteiger partial charge in [0.1, 0.15) is 12.1 Å². The number of hydrogen-bond acceptors (Lipinski definition) is 6. The van der Waals surface area contributed by atoms with Crippen molar-refractivity contribution in [3.8, 4) is 0 Å². The molecule has 2 N–H and O–H groups in total. The van der Waals surface area contributed by atoms with Gasteiger partial charge in [0.05, 0.1) is 12.1 Å². The van der Waals surface area contributed by atoms with Gasteiger partial charge >= 0.3 is 5.76 Å². The van der Waals surface area contributed by atoms with E-state index in [4.69, 9.17) is 4.42 Å². The minimum atomic E-state index is -1.31. The Hall–Kier alpha value is -2.68. The number of aliphatic hydroxyl groups is 1. The summed E-state index contributed by atoms with van der Waals surface area (Å²) < 4.78 is 6.42. The van der Waals surface area contributed by atoms with Crippen molar-refractivity contribution in [1.82, 2.24) is 9.88 Å². The Morgan fingerprint density at radius 2 is 2.04 bits per heavy atom. The molecule has 1 amide bonds. The van der Waals surface area contributed by atoms with Crippen molar-refractivity contribution in [1.29, 1.82) is 0 Å². The van der Waals surface area contributed by atoms with E-state index in [-0.39, 0.29) is 19.0 Å². The van der Waals surface area contributed by atoms with Crippen molar-refractivity contribution >= 4 is 39.7 Å². The van der Waals surface area contributed by atoms with E-state index < -0.39 is 11.4 Å². The van der Waals surface area contributed by atoms with E-state index >= 15 is 0 Å². The average Bonchev–Trinajstić information content (AvgIpc) is 3.42. The number of para-hydroxylation sites is 2. The van der Waals surface area contributed by atoms with E-state index in [0.29, 0.717) is 11.1 Å². The van der Waals surface area contributed by atoms with E-state index in [9.17, 15) is 14.7 Å². The molecule has 0 radical (unpaired) electrons. The van der Waals surface area contributed by atoms with Crippen LogP contribution in [0.1, 0.15) is 10.4 Å². The summed E-state index contributed by atoms with van der Waals surface area (Å²) in [5.41, 5.74) is 0.404.